The Bertz CT molecular complexity index is 645. The fraction of sp³-hybridized carbons (Fsp3) is 0.667. The quantitative estimate of drug-likeness (QED) is 0.820. The summed E-state index contributed by atoms with van der Waals surface area (Å²) in [6, 6.07) is 6.35. The fourth-order valence-corrected chi connectivity index (χ4v) is 6.64. The molecule has 4 heteroatoms. The minimum Gasteiger partial charge on any atom is -0.336 e. The topological polar surface area (TPSA) is 23.6 Å². The van der Waals surface area contributed by atoms with Crippen LogP contribution in [0.15, 0.2) is 24.3 Å². The van der Waals surface area contributed by atoms with E-state index in [4.69, 9.17) is 0 Å². The zero-order valence-electron chi connectivity index (χ0n) is 14.8. The predicted octanol–water partition coefficient (Wildman–Crippen LogP) is 3.55. The molecule has 25 heavy (non-hydrogen) atoms. The van der Waals surface area contributed by atoms with Gasteiger partial charge in [-0.3, -0.25) is 9.69 Å². The summed E-state index contributed by atoms with van der Waals surface area (Å²) in [6.45, 7) is 3.36. The molecule has 5 aliphatic rings. The van der Waals surface area contributed by atoms with Crippen LogP contribution < -0.4 is 0 Å². The largest absolute Gasteiger partial charge is 0.336 e. The maximum atomic E-state index is 13.9. The summed E-state index contributed by atoms with van der Waals surface area (Å²) in [6.07, 6.45) is 8.52. The molecular formula is C21H27FN2O. The summed E-state index contributed by atoms with van der Waals surface area (Å²) in [5.41, 5.74) is 0.632. The molecule has 0 aromatic heterocycles. The van der Waals surface area contributed by atoms with Crippen molar-refractivity contribution in [2.24, 2.45) is 17.8 Å². The number of hydrogen-bond donors (Lipinski definition) is 0. The lowest BCUT2D eigenvalue weighted by atomic mass is 9.52. The van der Waals surface area contributed by atoms with Crippen molar-refractivity contribution in [2.45, 2.75) is 44.1 Å². The van der Waals surface area contributed by atoms with E-state index in [0.29, 0.717) is 5.54 Å². The molecule has 5 fully saturated rings. The Balaban J connectivity index is 1.28. The van der Waals surface area contributed by atoms with Gasteiger partial charge in [0.1, 0.15) is 5.82 Å². The lowest BCUT2D eigenvalue weighted by Gasteiger charge is -2.61. The maximum Gasteiger partial charge on any atom is 0.256 e. The first-order chi connectivity index (χ1) is 12.1. The van der Waals surface area contributed by atoms with Crippen molar-refractivity contribution in [1.29, 1.82) is 0 Å². The van der Waals surface area contributed by atoms with Gasteiger partial charge < -0.3 is 4.90 Å². The van der Waals surface area contributed by atoms with Crippen LogP contribution in [0.25, 0.3) is 0 Å². The molecular weight excluding hydrogens is 315 g/mol. The SMILES string of the molecule is O=C(c1ccccc1F)N1CCN(C23CC4CC(CC(C4)C2)C3)CC1. The molecule has 0 radical (unpaired) electrons. The summed E-state index contributed by atoms with van der Waals surface area (Å²) in [4.78, 5) is 17.2. The average Bonchev–Trinajstić information content (AvgIpc) is 2.61. The number of piperazine rings is 1. The molecule has 0 atom stereocenters. The number of hydrogen-bond acceptors (Lipinski definition) is 2. The molecule has 0 spiro atoms. The lowest BCUT2D eigenvalue weighted by Crippen LogP contribution is -2.64. The van der Waals surface area contributed by atoms with E-state index in [1.807, 2.05) is 4.90 Å². The first-order valence-corrected chi connectivity index (χ1v) is 9.92. The number of carbonyl (C=O) groups excluding carboxylic acids is 1. The van der Waals surface area contributed by atoms with E-state index >= 15 is 0 Å². The van der Waals surface area contributed by atoms with Crippen molar-refractivity contribution in [2.75, 3.05) is 26.2 Å². The normalized spacial score (nSPS) is 37.5. The van der Waals surface area contributed by atoms with Gasteiger partial charge in [0.15, 0.2) is 0 Å². The van der Waals surface area contributed by atoms with E-state index in [9.17, 15) is 9.18 Å². The molecule has 1 aromatic rings. The second-order valence-electron chi connectivity index (χ2n) is 8.90. The maximum absolute atomic E-state index is 13.9. The van der Waals surface area contributed by atoms with E-state index < -0.39 is 5.82 Å². The molecule has 4 bridgehead atoms. The summed E-state index contributed by atoms with van der Waals surface area (Å²) in [5, 5.41) is 0. The second kappa shape index (κ2) is 5.80. The summed E-state index contributed by atoms with van der Waals surface area (Å²) in [5.74, 6) is 2.29. The molecule has 0 N–H and O–H groups in total. The standard InChI is InChI=1S/C21H27FN2O/c22-19-4-2-1-3-18(19)20(25)23-5-7-24(8-6-23)21-12-15-9-16(13-21)11-17(10-15)14-21/h1-4,15-17H,5-14H2. The van der Waals surface area contributed by atoms with Gasteiger partial charge in [-0.15, -0.1) is 0 Å². The molecule has 4 saturated carbocycles. The van der Waals surface area contributed by atoms with E-state index in [1.165, 1.54) is 44.6 Å². The van der Waals surface area contributed by atoms with Crippen LogP contribution in [0.3, 0.4) is 0 Å². The fourth-order valence-electron chi connectivity index (χ4n) is 6.64. The van der Waals surface area contributed by atoms with Crippen LogP contribution in [0.2, 0.25) is 0 Å². The van der Waals surface area contributed by atoms with Crippen molar-refractivity contribution in [3.8, 4) is 0 Å². The van der Waals surface area contributed by atoms with Crippen LogP contribution in [-0.4, -0.2) is 47.4 Å². The van der Waals surface area contributed by atoms with Crippen molar-refractivity contribution in [3.05, 3.63) is 35.6 Å². The zero-order chi connectivity index (χ0) is 17.0. The molecule has 134 valence electrons. The summed E-state index contributed by atoms with van der Waals surface area (Å²) in [7, 11) is 0. The van der Waals surface area contributed by atoms with E-state index in [2.05, 4.69) is 4.90 Å². The monoisotopic (exact) mass is 342 g/mol. The van der Waals surface area contributed by atoms with E-state index in [1.54, 1.807) is 18.2 Å². The molecule has 1 aliphatic heterocycles. The minimum atomic E-state index is -0.406. The van der Waals surface area contributed by atoms with Gasteiger partial charge in [0.25, 0.3) is 5.91 Å². The van der Waals surface area contributed by atoms with Crippen LogP contribution in [0, 0.1) is 23.6 Å². The third-order valence-electron chi connectivity index (χ3n) is 7.35. The van der Waals surface area contributed by atoms with E-state index in [-0.39, 0.29) is 11.5 Å². The van der Waals surface area contributed by atoms with Gasteiger partial charge in [-0.25, -0.2) is 4.39 Å². The van der Waals surface area contributed by atoms with Gasteiger partial charge >= 0.3 is 0 Å². The van der Waals surface area contributed by atoms with E-state index in [0.717, 1.165) is 43.9 Å². The smallest absolute Gasteiger partial charge is 0.256 e. The Labute approximate surface area is 149 Å². The van der Waals surface area contributed by atoms with Crippen LogP contribution >= 0.6 is 0 Å². The number of halogens is 1. The highest BCUT2D eigenvalue weighted by atomic mass is 19.1. The van der Waals surface area contributed by atoms with Crippen molar-refractivity contribution >= 4 is 5.91 Å². The second-order valence-corrected chi connectivity index (χ2v) is 8.90. The lowest BCUT2D eigenvalue weighted by molar-refractivity contribution is -0.0987. The van der Waals surface area contributed by atoms with Crippen LogP contribution in [-0.2, 0) is 0 Å². The van der Waals surface area contributed by atoms with Crippen LogP contribution in [0.1, 0.15) is 48.9 Å². The van der Waals surface area contributed by atoms with Crippen LogP contribution in [0.5, 0.6) is 0 Å². The third kappa shape index (κ3) is 2.61. The highest BCUT2D eigenvalue weighted by Crippen LogP contribution is 2.57. The zero-order valence-corrected chi connectivity index (χ0v) is 14.8. The Kier molecular flexibility index (Phi) is 3.67. The molecule has 0 unspecified atom stereocenters. The number of nitrogens with zero attached hydrogens (tertiary/aromatic N) is 2. The molecule has 1 heterocycles. The Morgan fingerprint density at radius 2 is 1.48 bits per heavy atom. The van der Waals surface area contributed by atoms with Crippen molar-refractivity contribution in [3.63, 3.8) is 0 Å². The van der Waals surface area contributed by atoms with Gasteiger partial charge in [-0.2, -0.15) is 0 Å². The first-order valence-electron chi connectivity index (χ1n) is 9.92. The molecule has 6 rings (SSSR count). The molecule has 1 amide bonds. The summed E-state index contributed by atoms with van der Waals surface area (Å²) < 4.78 is 13.9. The molecule has 3 nitrogen and oxygen atoms in total. The highest BCUT2D eigenvalue weighted by molar-refractivity contribution is 5.94. The predicted molar refractivity (Wildman–Crippen MR) is 94.8 cm³/mol. The summed E-state index contributed by atoms with van der Waals surface area (Å²) >= 11 is 0. The van der Waals surface area contributed by atoms with Gasteiger partial charge in [0.2, 0.25) is 0 Å². The highest BCUT2D eigenvalue weighted by Gasteiger charge is 2.53. The number of amides is 1. The third-order valence-corrected chi connectivity index (χ3v) is 7.35. The van der Waals surface area contributed by atoms with Gasteiger partial charge in [0.05, 0.1) is 5.56 Å². The Morgan fingerprint density at radius 3 is 2.04 bits per heavy atom. The molecule has 1 saturated heterocycles. The average molecular weight is 342 g/mol. The number of rotatable bonds is 2. The van der Waals surface area contributed by atoms with Gasteiger partial charge in [0, 0.05) is 31.7 Å². The Morgan fingerprint density at radius 1 is 0.920 bits per heavy atom. The number of benzene rings is 1. The molecule has 1 aromatic carbocycles. The molecule has 4 aliphatic carbocycles. The van der Waals surface area contributed by atoms with Gasteiger partial charge in [-0.05, 0) is 68.4 Å². The Hall–Kier alpha value is -1.42. The van der Waals surface area contributed by atoms with Crippen molar-refractivity contribution in [1.82, 2.24) is 9.80 Å². The first kappa shape index (κ1) is 15.8. The van der Waals surface area contributed by atoms with Crippen molar-refractivity contribution < 1.29 is 9.18 Å². The number of carbonyl (C=O) groups is 1. The van der Waals surface area contributed by atoms with Gasteiger partial charge in [-0.1, -0.05) is 12.1 Å². The minimum absolute atomic E-state index is 0.150. The van der Waals surface area contributed by atoms with Crippen LogP contribution in [0.4, 0.5) is 4.39 Å².